The first kappa shape index (κ1) is 14.4. The van der Waals surface area contributed by atoms with E-state index in [2.05, 4.69) is 17.6 Å². The average molecular weight is 262 g/mol. The molecule has 5 nitrogen and oxygen atoms in total. The molecule has 1 aliphatic heterocycles. The molecule has 1 rings (SSSR count). The van der Waals surface area contributed by atoms with Crippen LogP contribution >= 0.6 is 0 Å². The first-order valence-electron chi connectivity index (χ1n) is 6.16. The maximum Gasteiger partial charge on any atom is 0.237 e. The lowest BCUT2D eigenvalue weighted by Crippen LogP contribution is -2.49. The molecule has 2 atom stereocenters. The van der Waals surface area contributed by atoms with Crippen molar-refractivity contribution >= 4 is 15.7 Å². The van der Waals surface area contributed by atoms with Gasteiger partial charge in [0.15, 0.2) is 9.84 Å². The Kier molecular flexibility index (Phi) is 5.39. The number of amides is 1. The highest BCUT2D eigenvalue weighted by Crippen LogP contribution is 2.14. The zero-order chi connectivity index (χ0) is 12.9. The molecule has 0 saturated carbocycles. The predicted octanol–water partition coefficient (Wildman–Crippen LogP) is -0.0746. The second kappa shape index (κ2) is 6.35. The summed E-state index contributed by atoms with van der Waals surface area (Å²) in [7, 11) is -2.99. The summed E-state index contributed by atoms with van der Waals surface area (Å²) in [5.74, 6) is 0.619. The van der Waals surface area contributed by atoms with Gasteiger partial charge in [0.1, 0.15) is 0 Å². The molecule has 2 N–H and O–H groups in total. The molecule has 1 saturated heterocycles. The predicted molar refractivity (Wildman–Crippen MR) is 67.5 cm³/mol. The Balaban J connectivity index is 2.30. The van der Waals surface area contributed by atoms with Crippen LogP contribution in [0.15, 0.2) is 0 Å². The molecule has 17 heavy (non-hydrogen) atoms. The van der Waals surface area contributed by atoms with Crippen LogP contribution in [0.4, 0.5) is 0 Å². The van der Waals surface area contributed by atoms with E-state index in [9.17, 15) is 13.2 Å². The number of carbonyl (C=O) groups excluding carboxylic acids is 1. The third kappa shape index (κ3) is 5.04. The highest BCUT2D eigenvalue weighted by atomic mass is 32.2. The van der Waals surface area contributed by atoms with Crippen molar-refractivity contribution < 1.29 is 13.2 Å². The van der Waals surface area contributed by atoms with Gasteiger partial charge >= 0.3 is 0 Å². The van der Waals surface area contributed by atoms with Crippen molar-refractivity contribution in [3.05, 3.63) is 0 Å². The van der Waals surface area contributed by atoms with Crippen LogP contribution < -0.4 is 10.6 Å². The largest absolute Gasteiger partial charge is 0.354 e. The lowest BCUT2D eigenvalue weighted by molar-refractivity contribution is -0.123. The molecule has 1 heterocycles. The molecule has 0 aromatic rings. The molecular formula is C11H22N2O3S. The topological polar surface area (TPSA) is 75.3 Å². The molecule has 0 bridgehead atoms. The number of hydrogen-bond donors (Lipinski definition) is 2. The minimum absolute atomic E-state index is 0.0253. The number of piperidine rings is 1. The number of sulfone groups is 1. The fourth-order valence-corrected chi connectivity index (χ4v) is 2.61. The van der Waals surface area contributed by atoms with E-state index in [1.807, 2.05) is 0 Å². The molecule has 0 aromatic heterocycles. The van der Waals surface area contributed by atoms with Crippen molar-refractivity contribution in [1.29, 1.82) is 0 Å². The van der Waals surface area contributed by atoms with Gasteiger partial charge in [-0.05, 0) is 25.3 Å². The molecule has 0 radical (unpaired) electrons. The van der Waals surface area contributed by atoms with Gasteiger partial charge in [0.2, 0.25) is 5.91 Å². The van der Waals surface area contributed by atoms with E-state index in [1.165, 1.54) is 0 Å². The molecule has 0 spiro atoms. The molecular weight excluding hydrogens is 240 g/mol. The van der Waals surface area contributed by atoms with Crippen molar-refractivity contribution in [2.45, 2.75) is 32.7 Å². The van der Waals surface area contributed by atoms with E-state index in [-0.39, 0.29) is 30.0 Å². The summed E-state index contributed by atoms with van der Waals surface area (Å²) < 4.78 is 22.5. The second-order valence-electron chi connectivity index (χ2n) is 4.66. The van der Waals surface area contributed by atoms with Crippen molar-refractivity contribution in [2.24, 2.45) is 5.92 Å². The number of hydrogen-bond acceptors (Lipinski definition) is 4. The van der Waals surface area contributed by atoms with Gasteiger partial charge in [0.05, 0.1) is 11.8 Å². The van der Waals surface area contributed by atoms with Crippen LogP contribution in [-0.2, 0) is 14.6 Å². The molecule has 1 amide bonds. The fraction of sp³-hybridized carbons (Fsp3) is 0.909. The molecule has 100 valence electrons. The summed E-state index contributed by atoms with van der Waals surface area (Å²) in [4.78, 5) is 11.7. The maximum atomic E-state index is 11.7. The molecule has 0 aliphatic carbocycles. The minimum atomic E-state index is -2.99. The van der Waals surface area contributed by atoms with Crippen LogP contribution in [0.25, 0.3) is 0 Å². The first-order chi connectivity index (χ1) is 7.94. The molecule has 1 fully saturated rings. The number of carbonyl (C=O) groups is 1. The van der Waals surface area contributed by atoms with Gasteiger partial charge < -0.3 is 10.6 Å². The van der Waals surface area contributed by atoms with Gasteiger partial charge in [-0.15, -0.1) is 0 Å². The summed E-state index contributed by atoms with van der Waals surface area (Å²) in [6.45, 7) is 4.80. The minimum Gasteiger partial charge on any atom is -0.354 e. The van der Waals surface area contributed by atoms with E-state index in [0.717, 1.165) is 19.4 Å². The molecule has 6 heteroatoms. The zero-order valence-electron chi connectivity index (χ0n) is 10.5. The SMILES string of the molecule is CCS(=O)(=O)CCNC(=O)C1CC(C)CCN1. The lowest BCUT2D eigenvalue weighted by Gasteiger charge is -2.27. The smallest absolute Gasteiger partial charge is 0.237 e. The summed E-state index contributed by atoms with van der Waals surface area (Å²) in [5, 5.41) is 5.83. The maximum absolute atomic E-state index is 11.7. The van der Waals surface area contributed by atoms with Crippen LogP contribution in [0, 0.1) is 5.92 Å². The van der Waals surface area contributed by atoms with Gasteiger partial charge in [-0.2, -0.15) is 0 Å². The van der Waals surface area contributed by atoms with E-state index in [1.54, 1.807) is 6.92 Å². The van der Waals surface area contributed by atoms with Crippen molar-refractivity contribution in [1.82, 2.24) is 10.6 Å². The summed E-state index contributed by atoms with van der Waals surface area (Å²) in [5.41, 5.74) is 0. The van der Waals surface area contributed by atoms with E-state index >= 15 is 0 Å². The van der Waals surface area contributed by atoms with Crippen LogP contribution in [0.1, 0.15) is 26.7 Å². The van der Waals surface area contributed by atoms with Gasteiger partial charge in [-0.3, -0.25) is 4.79 Å². The quantitative estimate of drug-likeness (QED) is 0.727. The Morgan fingerprint density at radius 1 is 1.47 bits per heavy atom. The highest BCUT2D eigenvalue weighted by Gasteiger charge is 2.24. The average Bonchev–Trinajstić information content (AvgIpc) is 2.28. The number of nitrogens with one attached hydrogen (secondary N) is 2. The summed E-state index contributed by atoms with van der Waals surface area (Å²) in [6.07, 6.45) is 1.92. The molecule has 2 unspecified atom stereocenters. The van der Waals surface area contributed by atoms with Crippen LogP contribution in [-0.4, -0.2) is 45.0 Å². The Morgan fingerprint density at radius 3 is 2.76 bits per heavy atom. The normalized spacial score (nSPS) is 25.5. The Hall–Kier alpha value is -0.620. The van der Waals surface area contributed by atoms with E-state index in [0.29, 0.717) is 5.92 Å². The summed E-state index contributed by atoms with van der Waals surface area (Å²) in [6, 6.07) is -0.164. The van der Waals surface area contributed by atoms with Crippen LogP contribution in [0.5, 0.6) is 0 Å². The third-order valence-corrected chi connectivity index (χ3v) is 4.84. The van der Waals surface area contributed by atoms with Gasteiger partial charge in [-0.1, -0.05) is 13.8 Å². The highest BCUT2D eigenvalue weighted by molar-refractivity contribution is 7.91. The van der Waals surface area contributed by atoms with E-state index in [4.69, 9.17) is 0 Å². The van der Waals surface area contributed by atoms with Crippen LogP contribution in [0.2, 0.25) is 0 Å². The fourth-order valence-electron chi connectivity index (χ4n) is 1.90. The number of rotatable bonds is 5. The third-order valence-electron chi connectivity index (χ3n) is 3.13. The molecule has 0 aromatic carbocycles. The van der Waals surface area contributed by atoms with Crippen molar-refractivity contribution in [2.75, 3.05) is 24.6 Å². The Labute approximate surface area is 103 Å². The summed E-state index contributed by atoms with van der Waals surface area (Å²) >= 11 is 0. The Bertz CT molecular complexity index is 354. The van der Waals surface area contributed by atoms with Crippen LogP contribution in [0.3, 0.4) is 0 Å². The van der Waals surface area contributed by atoms with Gasteiger partial charge in [0, 0.05) is 12.3 Å². The zero-order valence-corrected chi connectivity index (χ0v) is 11.3. The Morgan fingerprint density at radius 2 is 2.18 bits per heavy atom. The first-order valence-corrected chi connectivity index (χ1v) is 7.98. The molecule has 1 aliphatic rings. The lowest BCUT2D eigenvalue weighted by atomic mass is 9.94. The van der Waals surface area contributed by atoms with Crippen molar-refractivity contribution in [3.8, 4) is 0 Å². The second-order valence-corrected chi connectivity index (χ2v) is 7.14. The van der Waals surface area contributed by atoms with Gasteiger partial charge in [-0.25, -0.2) is 8.42 Å². The van der Waals surface area contributed by atoms with E-state index < -0.39 is 9.84 Å². The monoisotopic (exact) mass is 262 g/mol. The van der Waals surface area contributed by atoms with Crippen molar-refractivity contribution in [3.63, 3.8) is 0 Å². The standard InChI is InChI=1S/C11H22N2O3S/c1-3-17(15,16)7-6-13-11(14)10-8-9(2)4-5-12-10/h9-10,12H,3-8H2,1-2H3,(H,13,14). The van der Waals surface area contributed by atoms with Gasteiger partial charge in [0.25, 0.3) is 0 Å².